The van der Waals surface area contributed by atoms with Crippen LogP contribution in [0.25, 0.3) is 11.4 Å². The Morgan fingerprint density at radius 1 is 1.32 bits per heavy atom. The zero-order valence-electron chi connectivity index (χ0n) is 12.2. The molecular weight excluding hydrogens is 286 g/mol. The number of nitrogen functional groups attached to an aromatic ring is 1. The number of anilines is 1. The SMILES string of the molecule is Cn1nnnc1-c1cc(NN)cc(C(=O)N2CCOCC2)c1. The maximum Gasteiger partial charge on any atom is 0.254 e. The molecule has 0 bridgehead atoms. The molecule has 2 heterocycles. The third-order valence-corrected chi connectivity index (χ3v) is 3.52. The van der Waals surface area contributed by atoms with Gasteiger partial charge < -0.3 is 15.1 Å². The Morgan fingerprint density at radius 3 is 2.73 bits per heavy atom. The zero-order valence-corrected chi connectivity index (χ0v) is 12.2. The molecule has 0 saturated carbocycles. The van der Waals surface area contributed by atoms with Crippen molar-refractivity contribution in [1.82, 2.24) is 25.1 Å². The maximum atomic E-state index is 12.6. The number of morpholine rings is 1. The van der Waals surface area contributed by atoms with Crippen LogP contribution in [0.15, 0.2) is 18.2 Å². The van der Waals surface area contributed by atoms with E-state index in [1.807, 2.05) is 0 Å². The predicted molar refractivity (Wildman–Crippen MR) is 78.8 cm³/mol. The Balaban J connectivity index is 1.97. The normalized spacial score (nSPS) is 14.9. The van der Waals surface area contributed by atoms with E-state index in [0.29, 0.717) is 43.4 Å². The molecule has 0 unspecified atom stereocenters. The number of hydrazine groups is 1. The number of ether oxygens (including phenoxy) is 1. The van der Waals surface area contributed by atoms with Gasteiger partial charge in [0.05, 0.1) is 13.2 Å². The highest BCUT2D eigenvalue weighted by molar-refractivity contribution is 5.96. The molecule has 1 saturated heterocycles. The number of aryl methyl sites for hydroxylation is 1. The van der Waals surface area contributed by atoms with Gasteiger partial charge in [-0.2, -0.15) is 0 Å². The monoisotopic (exact) mass is 303 g/mol. The summed E-state index contributed by atoms with van der Waals surface area (Å²) in [7, 11) is 1.74. The summed E-state index contributed by atoms with van der Waals surface area (Å²) in [5, 5.41) is 11.4. The summed E-state index contributed by atoms with van der Waals surface area (Å²) in [6.07, 6.45) is 0. The summed E-state index contributed by atoms with van der Waals surface area (Å²) in [6.45, 7) is 2.28. The fourth-order valence-electron chi connectivity index (χ4n) is 2.39. The van der Waals surface area contributed by atoms with Crippen LogP contribution in [0, 0.1) is 0 Å². The van der Waals surface area contributed by atoms with Crippen LogP contribution in [-0.2, 0) is 11.8 Å². The Kier molecular flexibility index (Phi) is 3.98. The number of rotatable bonds is 3. The maximum absolute atomic E-state index is 12.6. The molecule has 3 N–H and O–H groups in total. The molecule has 2 aromatic rings. The second-order valence-electron chi connectivity index (χ2n) is 4.97. The van der Waals surface area contributed by atoms with Gasteiger partial charge in [-0.3, -0.25) is 10.6 Å². The van der Waals surface area contributed by atoms with Gasteiger partial charge in [-0.25, -0.2) is 4.68 Å². The van der Waals surface area contributed by atoms with E-state index in [0.717, 1.165) is 5.56 Å². The molecule has 1 aliphatic rings. The minimum Gasteiger partial charge on any atom is -0.378 e. The average molecular weight is 303 g/mol. The lowest BCUT2D eigenvalue weighted by atomic mass is 10.1. The van der Waals surface area contributed by atoms with Gasteiger partial charge in [0.1, 0.15) is 0 Å². The first kappa shape index (κ1) is 14.4. The predicted octanol–water partition coefficient (Wildman–Crippen LogP) is -0.365. The summed E-state index contributed by atoms with van der Waals surface area (Å²) < 4.78 is 6.81. The summed E-state index contributed by atoms with van der Waals surface area (Å²) in [5.74, 6) is 6.01. The van der Waals surface area contributed by atoms with Crippen molar-refractivity contribution in [1.29, 1.82) is 0 Å². The van der Waals surface area contributed by atoms with Gasteiger partial charge in [0, 0.05) is 37.0 Å². The van der Waals surface area contributed by atoms with Crippen molar-refractivity contribution in [2.45, 2.75) is 0 Å². The third-order valence-electron chi connectivity index (χ3n) is 3.52. The standard InChI is InChI=1S/C13H17N7O2/c1-19-12(16-17-18-19)9-6-10(8-11(7-9)15-14)13(21)20-2-4-22-5-3-20/h6-8,15H,2-5,14H2,1H3. The fraction of sp³-hybridized carbons (Fsp3) is 0.385. The first-order valence-corrected chi connectivity index (χ1v) is 6.90. The minimum absolute atomic E-state index is 0.0585. The molecule has 1 aromatic heterocycles. The van der Waals surface area contributed by atoms with Gasteiger partial charge in [-0.05, 0) is 28.6 Å². The second kappa shape index (κ2) is 6.08. The van der Waals surface area contributed by atoms with Crippen LogP contribution in [-0.4, -0.2) is 57.3 Å². The molecule has 1 fully saturated rings. The second-order valence-corrected chi connectivity index (χ2v) is 4.97. The van der Waals surface area contributed by atoms with E-state index in [1.165, 1.54) is 0 Å². The number of nitrogens with zero attached hydrogens (tertiary/aromatic N) is 5. The summed E-state index contributed by atoms with van der Waals surface area (Å²) >= 11 is 0. The molecular formula is C13H17N7O2. The number of benzene rings is 1. The van der Waals surface area contributed by atoms with Gasteiger partial charge in [0.2, 0.25) is 0 Å². The van der Waals surface area contributed by atoms with Gasteiger partial charge in [-0.1, -0.05) is 0 Å². The fourth-order valence-corrected chi connectivity index (χ4v) is 2.39. The molecule has 22 heavy (non-hydrogen) atoms. The largest absolute Gasteiger partial charge is 0.378 e. The number of amides is 1. The van der Waals surface area contributed by atoms with Crippen molar-refractivity contribution >= 4 is 11.6 Å². The Bertz CT molecular complexity index is 679. The van der Waals surface area contributed by atoms with E-state index in [1.54, 1.807) is 34.8 Å². The molecule has 0 spiro atoms. The highest BCUT2D eigenvalue weighted by atomic mass is 16.5. The minimum atomic E-state index is -0.0585. The Labute approximate surface area is 127 Å². The van der Waals surface area contributed by atoms with Crippen LogP contribution in [0.4, 0.5) is 5.69 Å². The lowest BCUT2D eigenvalue weighted by molar-refractivity contribution is 0.0303. The van der Waals surface area contributed by atoms with Crippen molar-refractivity contribution in [3.8, 4) is 11.4 Å². The van der Waals surface area contributed by atoms with E-state index in [9.17, 15) is 4.79 Å². The van der Waals surface area contributed by atoms with Gasteiger partial charge in [-0.15, -0.1) is 5.10 Å². The van der Waals surface area contributed by atoms with Crippen molar-refractivity contribution in [3.05, 3.63) is 23.8 Å². The van der Waals surface area contributed by atoms with Crippen LogP contribution < -0.4 is 11.3 Å². The molecule has 0 aliphatic carbocycles. The summed E-state index contributed by atoms with van der Waals surface area (Å²) in [4.78, 5) is 14.4. The van der Waals surface area contributed by atoms with Crippen molar-refractivity contribution in [2.24, 2.45) is 12.9 Å². The van der Waals surface area contributed by atoms with E-state index in [2.05, 4.69) is 21.0 Å². The van der Waals surface area contributed by atoms with Crippen molar-refractivity contribution in [3.63, 3.8) is 0 Å². The number of carbonyl (C=O) groups excluding carboxylic acids is 1. The van der Waals surface area contributed by atoms with Gasteiger partial charge in [0.25, 0.3) is 5.91 Å². The molecule has 1 aliphatic heterocycles. The molecule has 3 rings (SSSR count). The highest BCUT2D eigenvalue weighted by Gasteiger charge is 2.20. The quantitative estimate of drug-likeness (QED) is 0.588. The number of tetrazole rings is 1. The van der Waals surface area contributed by atoms with E-state index < -0.39 is 0 Å². The van der Waals surface area contributed by atoms with Crippen LogP contribution in [0.5, 0.6) is 0 Å². The number of hydrogen-bond acceptors (Lipinski definition) is 7. The van der Waals surface area contributed by atoms with Crippen molar-refractivity contribution in [2.75, 3.05) is 31.7 Å². The van der Waals surface area contributed by atoms with E-state index in [-0.39, 0.29) is 5.91 Å². The Morgan fingerprint density at radius 2 is 2.09 bits per heavy atom. The van der Waals surface area contributed by atoms with Crippen molar-refractivity contribution < 1.29 is 9.53 Å². The van der Waals surface area contributed by atoms with E-state index >= 15 is 0 Å². The number of aromatic nitrogens is 4. The van der Waals surface area contributed by atoms with Gasteiger partial charge >= 0.3 is 0 Å². The van der Waals surface area contributed by atoms with Crippen LogP contribution in [0.3, 0.4) is 0 Å². The van der Waals surface area contributed by atoms with Crippen LogP contribution in [0.1, 0.15) is 10.4 Å². The van der Waals surface area contributed by atoms with Crippen LogP contribution in [0.2, 0.25) is 0 Å². The van der Waals surface area contributed by atoms with E-state index in [4.69, 9.17) is 10.6 Å². The first-order chi connectivity index (χ1) is 10.7. The lowest BCUT2D eigenvalue weighted by Gasteiger charge is -2.27. The molecule has 9 nitrogen and oxygen atoms in total. The molecule has 0 atom stereocenters. The smallest absolute Gasteiger partial charge is 0.254 e. The molecule has 1 amide bonds. The summed E-state index contributed by atoms with van der Waals surface area (Å²) in [6, 6.07) is 5.28. The molecule has 1 aromatic carbocycles. The number of carbonyl (C=O) groups is 1. The highest BCUT2D eigenvalue weighted by Crippen LogP contribution is 2.23. The first-order valence-electron chi connectivity index (χ1n) is 6.90. The molecule has 0 radical (unpaired) electrons. The van der Waals surface area contributed by atoms with Gasteiger partial charge in [0.15, 0.2) is 5.82 Å². The molecule has 9 heteroatoms. The third kappa shape index (κ3) is 2.76. The van der Waals surface area contributed by atoms with Crippen LogP contribution >= 0.6 is 0 Å². The zero-order chi connectivity index (χ0) is 15.5. The topological polar surface area (TPSA) is 111 Å². The number of hydrogen-bond donors (Lipinski definition) is 2. The number of nitrogens with two attached hydrogens (primary N) is 1. The lowest BCUT2D eigenvalue weighted by Crippen LogP contribution is -2.40. The summed E-state index contributed by atoms with van der Waals surface area (Å²) in [5.41, 5.74) is 4.46. The number of nitrogens with one attached hydrogen (secondary N) is 1. The average Bonchev–Trinajstić information content (AvgIpc) is 3.00. The molecule has 116 valence electrons. The Hall–Kier alpha value is -2.52.